The van der Waals surface area contributed by atoms with E-state index in [-0.39, 0.29) is 30.4 Å². The Morgan fingerprint density at radius 2 is 1.80 bits per heavy atom. The summed E-state index contributed by atoms with van der Waals surface area (Å²) in [5, 5.41) is 3.57. The molecular weight excluding hydrogens is 602 g/mol. The van der Waals surface area contributed by atoms with Gasteiger partial charge in [-0.2, -0.15) is 0 Å². The van der Waals surface area contributed by atoms with Gasteiger partial charge in [0.15, 0.2) is 11.5 Å². The summed E-state index contributed by atoms with van der Waals surface area (Å²) in [6.45, 7) is 7.11. The van der Waals surface area contributed by atoms with Gasteiger partial charge in [0.25, 0.3) is 0 Å². The van der Waals surface area contributed by atoms with E-state index in [1.807, 2.05) is 73.5 Å². The number of pyridine rings is 1. The van der Waals surface area contributed by atoms with Gasteiger partial charge in [0.2, 0.25) is 11.8 Å². The van der Waals surface area contributed by atoms with Gasteiger partial charge in [0, 0.05) is 37.7 Å². The Morgan fingerprint density at radius 3 is 2.46 bits per heavy atom. The zero-order valence-corrected chi connectivity index (χ0v) is 27.9. The fourth-order valence-corrected chi connectivity index (χ4v) is 7.34. The number of benzene rings is 2. The minimum Gasteiger partial charge on any atom is -0.493 e. The van der Waals surface area contributed by atoms with Crippen molar-refractivity contribution in [3.05, 3.63) is 76.4 Å². The number of amides is 2. The molecule has 2 amide bonds. The number of carbonyl (C=O) groups is 2. The molecule has 2 fully saturated rings. The molecule has 1 aliphatic carbocycles. The van der Waals surface area contributed by atoms with Crippen molar-refractivity contribution in [3.8, 4) is 11.5 Å². The number of ether oxygens (including phenoxy) is 2. The minimum atomic E-state index is -0.388. The van der Waals surface area contributed by atoms with E-state index in [0.29, 0.717) is 35.0 Å². The molecule has 1 saturated carbocycles. The summed E-state index contributed by atoms with van der Waals surface area (Å²) in [6, 6.07) is 15.7. The fourth-order valence-electron chi connectivity index (χ4n) is 7.22. The van der Waals surface area contributed by atoms with Crippen LogP contribution in [0.3, 0.4) is 0 Å². The van der Waals surface area contributed by atoms with Crippen LogP contribution < -0.4 is 24.6 Å². The summed E-state index contributed by atoms with van der Waals surface area (Å²) in [5.41, 5.74) is 3.58. The zero-order valence-electron chi connectivity index (χ0n) is 27.2. The Bertz CT molecular complexity index is 1540. The van der Waals surface area contributed by atoms with Gasteiger partial charge in [-0.05, 0) is 98.5 Å². The smallest absolute Gasteiger partial charge is 0.234 e. The molecule has 0 bridgehead atoms. The Morgan fingerprint density at radius 1 is 1.04 bits per heavy atom. The molecule has 6 rings (SSSR count). The van der Waals surface area contributed by atoms with Gasteiger partial charge in [-0.3, -0.25) is 19.4 Å². The van der Waals surface area contributed by atoms with Crippen molar-refractivity contribution in [2.45, 2.75) is 64.1 Å². The number of piperazine rings is 1. The summed E-state index contributed by atoms with van der Waals surface area (Å²) in [6.07, 6.45) is 6.54. The number of hydrogen-bond acceptors (Lipinski definition) is 7. The van der Waals surface area contributed by atoms with Crippen LogP contribution in [0.5, 0.6) is 11.5 Å². The van der Waals surface area contributed by atoms with Gasteiger partial charge >= 0.3 is 0 Å². The average Bonchev–Trinajstić information content (AvgIpc) is 3.05. The number of carbonyl (C=O) groups excluding carboxylic acids is 2. The molecule has 2 aliphatic heterocycles. The molecule has 3 aromatic rings. The molecule has 244 valence electrons. The molecule has 10 heteroatoms. The first-order valence-corrected chi connectivity index (χ1v) is 16.7. The standard InChI is InChI=1S/C36H44ClN5O4/c1-23(2)46-32-19-30-26(17-31(32)45-4)18-35(44)42(36(30)25-7-9-27(37)10-8-25)29-13-14-33(39-20-29)40(3)21-24-5-11-28(12-6-24)41-16-15-38-34(43)22-41/h7-10,13-14,17,19-20,23-24,28,36H,5-6,11-12,15-16,18,21-22H2,1-4H3,(H,38,43). The van der Waals surface area contributed by atoms with Crippen molar-refractivity contribution < 1.29 is 19.1 Å². The van der Waals surface area contributed by atoms with Gasteiger partial charge in [-0.1, -0.05) is 23.7 Å². The number of aromatic nitrogens is 1. The van der Waals surface area contributed by atoms with Crippen LogP contribution in [0.1, 0.15) is 62.3 Å². The first-order chi connectivity index (χ1) is 22.2. The van der Waals surface area contributed by atoms with E-state index in [4.69, 9.17) is 26.1 Å². The molecule has 3 heterocycles. The van der Waals surface area contributed by atoms with Gasteiger partial charge in [-0.25, -0.2) is 4.98 Å². The van der Waals surface area contributed by atoms with Crippen molar-refractivity contribution >= 4 is 34.9 Å². The van der Waals surface area contributed by atoms with Crippen molar-refractivity contribution in [2.24, 2.45) is 5.92 Å². The van der Waals surface area contributed by atoms with Crippen LogP contribution in [-0.4, -0.2) is 74.2 Å². The average molecular weight is 646 g/mol. The molecule has 3 aliphatic rings. The van der Waals surface area contributed by atoms with Crippen molar-refractivity contribution in [1.82, 2.24) is 15.2 Å². The lowest BCUT2D eigenvalue weighted by molar-refractivity contribution is -0.125. The third-order valence-corrected chi connectivity index (χ3v) is 9.72. The maximum absolute atomic E-state index is 13.9. The second-order valence-corrected chi connectivity index (χ2v) is 13.4. The monoisotopic (exact) mass is 645 g/mol. The van der Waals surface area contributed by atoms with Gasteiger partial charge in [0.05, 0.1) is 44.1 Å². The quantitative estimate of drug-likeness (QED) is 0.323. The molecule has 46 heavy (non-hydrogen) atoms. The second kappa shape index (κ2) is 13.9. The molecule has 9 nitrogen and oxygen atoms in total. The first-order valence-electron chi connectivity index (χ1n) is 16.3. The SMILES string of the molecule is COc1cc2c(cc1OC(C)C)C(c1ccc(Cl)cc1)N(c1ccc(N(C)CC3CCC(N4CCNC(=O)C4)CC3)nc1)C(=O)C2. The first kappa shape index (κ1) is 32.1. The Labute approximate surface area is 276 Å². The second-order valence-electron chi connectivity index (χ2n) is 13.0. The number of fused-ring (bicyclic) bond motifs is 1. The molecule has 1 atom stereocenters. The van der Waals surface area contributed by atoms with Crippen molar-refractivity contribution in [2.75, 3.05) is 50.1 Å². The Balaban J connectivity index is 1.21. The summed E-state index contributed by atoms with van der Waals surface area (Å²) in [4.78, 5) is 37.0. The van der Waals surface area contributed by atoms with Crippen LogP contribution in [0.4, 0.5) is 11.5 Å². The summed E-state index contributed by atoms with van der Waals surface area (Å²) >= 11 is 6.27. The lowest BCUT2D eigenvalue weighted by Crippen LogP contribution is -2.52. The van der Waals surface area contributed by atoms with Gasteiger partial charge in [-0.15, -0.1) is 0 Å². The number of rotatable bonds is 9. The lowest BCUT2D eigenvalue weighted by atomic mass is 9.84. The molecular formula is C36H44ClN5O4. The van der Waals surface area contributed by atoms with Crippen molar-refractivity contribution in [1.29, 1.82) is 0 Å². The molecule has 1 aromatic heterocycles. The molecule has 2 aromatic carbocycles. The number of methoxy groups -OCH3 is 1. The molecule has 1 saturated heterocycles. The topological polar surface area (TPSA) is 87.2 Å². The predicted octanol–water partition coefficient (Wildman–Crippen LogP) is 5.64. The Hall–Kier alpha value is -3.82. The highest BCUT2D eigenvalue weighted by molar-refractivity contribution is 6.30. The van der Waals surface area contributed by atoms with Crippen LogP contribution in [0, 0.1) is 5.92 Å². The Kier molecular flexibility index (Phi) is 9.70. The lowest BCUT2D eigenvalue weighted by Gasteiger charge is -2.39. The highest BCUT2D eigenvalue weighted by Crippen LogP contribution is 2.44. The number of hydrogen-bond donors (Lipinski definition) is 1. The number of nitrogens with one attached hydrogen (secondary N) is 1. The fraction of sp³-hybridized carbons (Fsp3) is 0.472. The highest BCUT2D eigenvalue weighted by atomic mass is 35.5. The van der Waals surface area contributed by atoms with E-state index in [1.54, 1.807) is 7.11 Å². The minimum absolute atomic E-state index is 0.0158. The van der Waals surface area contributed by atoms with E-state index >= 15 is 0 Å². The summed E-state index contributed by atoms with van der Waals surface area (Å²) < 4.78 is 11.8. The van der Waals surface area contributed by atoms with E-state index in [0.717, 1.165) is 73.5 Å². The molecule has 0 radical (unpaired) electrons. The largest absolute Gasteiger partial charge is 0.493 e. The number of nitrogens with zero attached hydrogens (tertiary/aromatic N) is 4. The van der Waals surface area contributed by atoms with Crippen LogP contribution in [0.25, 0.3) is 0 Å². The van der Waals surface area contributed by atoms with Gasteiger partial charge in [0.1, 0.15) is 5.82 Å². The molecule has 0 spiro atoms. The van der Waals surface area contributed by atoms with E-state index in [9.17, 15) is 9.59 Å². The zero-order chi connectivity index (χ0) is 32.4. The third-order valence-electron chi connectivity index (χ3n) is 9.47. The predicted molar refractivity (Wildman–Crippen MR) is 181 cm³/mol. The van der Waals surface area contributed by atoms with Crippen molar-refractivity contribution in [3.63, 3.8) is 0 Å². The van der Waals surface area contributed by atoms with E-state index in [2.05, 4.69) is 22.2 Å². The van der Waals surface area contributed by atoms with E-state index < -0.39 is 0 Å². The molecule has 1 N–H and O–H groups in total. The number of anilines is 2. The third kappa shape index (κ3) is 6.95. The van der Waals surface area contributed by atoms with E-state index in [1.165, 1.54) is 0 Å². The number of halogens is 1. The van der Waals surface area contributed by atoms with Crippen LogP contribution in [-0.2, 0) is 16.0 Å². The van der Waals surface area contributed by atoms with Crippen LogP contribution in [0.15, 0.2) is 54.7 Å². The molecule has 1 unspecified atom stereocenters. The highest BCUT2D eigenvalue weighted by Gasteiger charge is 2.36. The maximum Gasteiger partial charge on any atom is 0.234 e. The normalized spacial score (nSPS) is 22.0. The maximum atomic E-state index is 13.9. The summed E-state index contributed by atoms with van der Waals surface area (Å²) in [7, 11) is 3.71. The van der Waals surface area contributed by atoms with Crippen LogP contribution in [0.2, 0.25) is 5.02 Å². The van der Waals surface area contributed by atoms with Gasteiger partial charge < -0.3 is 19.7 Å². The van der Waals surface area contributed by atoms with Crippen LogP contribution >= 0.6 is 11.6 Å². The summed E-state index contributed by atoms with van der Waals surface area (Å²) in [5.74, 6) is 2.85.